The van der Waals surface area contributed by atoms with Crippen LogP contribution in [-0.4, -0.2) is 37.6 Å². The molecule has 0 heterocycles. The molecule has 0 aliphatic carbocycles. The fraction of sp³-hybridized carbons (Fsp3) is 0.222. The van der Waals surface area contributed by atoms with E-state index in [0.29, 0.717) is 11.4 Å². The number of hydrogen-bond donors (Lipinski definition) is 3. The molecule has 0 radical (unpaired) electrons. The second-order valence-corrected chi connectivity index (χ2v) is 5.45. The van der Waals surface area contributed by atoms with Gasteiger partial charge in [0.1, 0.15) is 5.56 Å². The number of urea groups is 1. The van der Waals surface area contributed by atoms with E-state index >= 15 is 0 Å². The van der Waals surface area contributed by atoms with Crippen LogP contribution in [0.3, 0.4) is 0 Å². The van der Waals surface area contributed by atoms with Crippen LogP contribution in [0.5, 0.6) is 11.5 Å². The zero-order chi connectivity index (χ0) is 20.7. The summed E-state index contributed by atoms with van der Waals surface area (Å²) in [6.45, 7) is 2.02. The molecule has 0 atom stereocenters. The lowest BCUT2D eigenvalue weighted by molar-refractivity contribution is -0.385. The Labute approximate surface area is 161 Å². The van der Waals surface area contributed by atoms with Gasteiger partial charge in [0.2, 0.25) is 0 Å². The minimum absolute atomic E-state index is 0.169. The number of hydrogen-bond acceptors (Lipinski definition) is 6. The van der Waals surface area contributed by atoms with Crippen LogP contribution < -0.4 is 25.4 Å². The molecule has 28 heavy (non-hydrogen) atoms. The molecular weight excluding hydrogens is 368 g/mol. The van der Waals surface area contributed by atoms with Crippen LogP contribution in [0.2, 0.25) is 0 Å². The van der Waals surface area contributed by atoms with E-state index in [-0.39, 0.29) is 29.7 Å². The first-order valence-electron chi connectivity index (χ1n) is 8.29. The van der Waals surface area contributed by atoms with Crippen molar-refractivity contribution in [3.63, 3.8) is 0 Å². The number of carbonyl (C=O) groups excluding carboxylic acids is 2. The zero-order valence-corrected chi connectivity index (χ0v) is 15.6. The number of nitrogens with zero attached hydrogens (tertiary/aromatic N) is 1. The molecule has 10 nitrogen and oxygen atoms in total. The first-order chi connectivity index (χ1) is 13.4. The standard InChI is InChI=1S/C18H20N4O6/c1-4-28-16-10-14(22(25)26)13(9-15(16)27-3)17(23)20-11-5-7-12(8-6-11)21-18(24)19-2/h5-10H,4H2,1-3H3,(H,20,23)(H2,19,21,24). The molecule has 0 aliphatic heterocycles. The summed E-state index contributed by atoms with van der Waals surface area (Å²) < 4.78 is 10.5. The maximum atomic E-state index is 12.6. The average molecular weight is 388 g/mol. The van der Waals surface area contributed by atoms with Crippen molar-refractivity contribution in [2.24, 2.45) is 0 Å². The summed E-state index contributed by atoms with van der Waals surface area (Å²) in [6.07, 6.45) is 0. The number of carbonyl (C=O) groups is 2. The second kappa shape index (κ2) is 9.21. The summed E-state index contributed by atoms with van der Waals surface area (Å²) in [7, 11) is 2.87. The molecule has 148 valence electrons. The fourth-order valence-electron chi connectivity index (χ4n) is 2.34. The third-order valence-corrected chi connectivity index (χ3v) is 3.65. The van der Waals surface area contributed by atoms with Gasteiger partial charge in [-0.3, -0.25) is 14.9 Å². The van der Waals surface area contributed by atoms with E-state index in [0.717, 1.165) is 6.07 Å². The summed E-state index contributed by atoms with van der Waals surface area (Å²) in [5, 5.41) is 19.0. The summed E-state index contributed by atoms with van der Waals surface area (Å²) >= 11 is 0. The first-order valence-corrected chi connectivity index (χ1v) is 8.29. The molecule has 10 heteroatoms. The molecule has 0 spiro atoms. The highest BCUT2D eigenvalue weighted by atomic mass is 16.6. The summed E-state index contributed by atoms with van der Waals surface area (Å²) in [5.41, 5.74) is 0.346. The van der Waals surface area contributed by atoms with Crippen molar-refractivity contribution in [3.05, 3.63) is 52.1 Å². The van der Waals surface area contributed by atoms with E-state index in [1.165, 1.54) is 20.2 Å². The van der Waals surface area contributed by atoms with Crippen LogP contribution in [0.25, 0.3) is 0 Å². The molecule has 2 aromatic rings. The molecule has 0 fully saturated rings. The molecule has 0 aromatic heterocycles. The number of methoxy groups -OCH3 is 1. The Morgan fingerprint density at radius 2 is 1.68 bits per heavy atom. The van der Waals surface area contributed by atoms with Gasteiger partial charge in [0.15, 0.2) is 11.5 Å². The zero-order valence-electron chi connectivity index (χ0n) is 15.6. The van der Waals surface area contributed by atoms with Gasteiger partial charge in [-0.25, -0.2) is 4.79 Å². The smallest absolute Gasteiger partial charge is 0.318 e. The molecule has 0 saturated carbocycles. The van der Waals surface area contributed by atoms with Crippen molar-refractivity contribution in [1.82, 2.24) is 5.32 Å². The molecule has 2 aromatic carbocycles. The monoisotopic (exact) mass is 388 g/mol. The Kier molecular flexibility index (Phi) is 6.74. The number of rotatable bonds is 7. The highest BCUT2D eigenvalue weighted by molar-refractivity contribution is 6.07. The number of ether oxygens (including phenoxy) is 2. The highest BCUT2D eigenvalue weighted by Crippen LogP contribution is 2.35. The van der Waals surface area contributed by atoms with Crippen LogP contribution >= 0.6 is 0 Å². The number of nitro benzene ring substituents is 1. The van der Waals surface area contributed by atoms with E-state index in [2.05, 4.69) is 16.0 Å². The predicted molar refractivity (Wildman–Crippen MR) is 103 cm³/mol. The van der Waals surface area contributed by atoms with Crippen LogP contribution in [0, 0.1) is 10.1 Å². The maximum absolute atomic E-state index is 12.6. The van der Waals surface area contributed by atoms with Gasteiger partial charge in [-0.2, -0.15) is 0 Å². The van der Waals surface area contributed by atoms with Gasteiger partial charge >= 0.3 is 6.03 Å². The number of nitrogens with one attached hydrogen (secondary N) is 3. The van der Waals surface area contributed by atoms with Crippen molar-refractivity contribution in [1.29, 1.82) is 0 Å². The van der Waals surface area contributed by atoms with Gasteiger partial charge in [-0.1, -0.05) is 0 Å². The minimum Gasteiger partial charge on any atom is -0.493 e. The van der Waals surface area contributed by atoms with Gasteiger partial charge < -0.3 is 25.4 Å². The number of benzene rings is 2. The Hall–Kier alpha value is -3.82. The molecule has 0 bridgehead atoms. The van der Waals surface area contributed by atoms with Crippen LogP contribution in [0.1, 0.15) is 17.3 Å². The van der Waals surface area contributed by atoms with Crippen molar-refractivity contribution in [2.75, 3.05) is 31.4 Å². The lowest BCUT2D eigenvalue weighted by Crippen LogP contribution is -2.24. The van der Waals surface area contributed by atoms with Crippen molar-refractivity contribution in [3.8, 4) is 11.5 Å². The number of anilines is 2. The SMILES string of the molecule is CCOc1cc([N+](=O)[O-])c(C(=O)Nc2ccc(NC(=O)NC)cc2)cc1OC. The number of nitro groups is 1. The maximum Gasteiger partial charge on any atom is 0.318 e. The minimum atomic E-state index is -0.681. The van der Waals surface area contributed by atoms with Gasteiger partial charge in [0.25, 0.3) is 11.6 Å². The van der Waals surface area contributed by atoms with Crippen molar-refractivity contribution >= 4 is 29.0 Å². The third-order valence-electron chi connectivity index (χ3n) is 3.65. The van der Waals surface area contributed by atoms with Crippen LogP contribution in [0.4, 0.5) is 21.9 Å². The largest absolute Gasteiger partial charge is 0.493 e. The molecule has 0 unspecified atom stereocenters. The summed E-state index contributed by atoms with van der Waals surface area (Å²) in [6, 6.07) is 8.32. The summed E-state index contributed by atoms with van der Waals surface area (Å²) in [4.78, 5) is 34.6. The Morgan fingerprint density at radius 3 is 2.18 bits per heavy atom. The fourth-order valence-corrected chi connectivity index (χ4v) is 2.34. The predicted octanol–water partition coefficient (Wildman–Crippen LogP) is 3.01. The van der Waals surface area contributed by atoms with E-state index in [9.17, 15) is 19.7 Å². The Bertz CT molecular complexity index is 882. The lowest BCUT2D eigenvalue weighted by Gasteiger charge is -2.12. The molecule has 3 N–H and O–H groups in total. The quantitative estimate of drug-likeness (QED) is 0.493. The number of amides is 3. The van der Waals surface area contributed by atoms with E-state index in [1.54, 1.807) is 31.2 Å². The van der Waals surface area contributed by atoms with Gasteiger partial charge in [-0.05, 0) is 31.2 Å². The second-order valence-electron chi connectivity index (χ2n) is 5.45. The van der Waals surface area contributed by atoms with Crippen molar-refractivity contribution < 1.29 is 24.0 Å². The Balaban J connectivity index is 2.27. The van der Waals surface area contributed by atoms with E-state index < -0.39 is 16.5 Å². The molecule has 0 aliphatic rings. The molecular formula is C18H20N4O6. The molecule has 2 rings (SSSR count). The van der Waals surface area contributed by atoms with Gasteiger partial charge in [0, 0.05) is 24.5 Å². The molecule has 0 saturated heterocycles. The average Bonchev–Trinajstić information content (AvgIpc) is 2.69. The van der Waals surface area contributed by atoms with E-state index in [4.69, 9.17) is 9.47 Å². The van der Waals surface area contributed by atoms with Crippen LogP contribution in [-0.2, 0) is 0 Å². The Morgan fingerprint density at radius 1 is 1.07 bits per heavy atom. The van der Waals surface area contributed by atoms with Crippen molar-refractivity contribution in [2.45, 2.75) is 6.92 Å². The van der Waals surface area contributed by atoms with Gasteiger partial charge in [0.05, 0.1) is 24.7 Å². The normalized spacial score (nSPS) is 9.96. The first kappa shape index (κ1) is 20.5. The molecule has 3 amide bonds. The topological polar surface area (TPSA) is 132 Å². The van der Waals surface area contributed by atoms with Crippen LogP contribution in [0.15, 0.2) is 36.4 Å². The highest BCUT2D eigenvalue weighted by Gasteiger charge is 2.24. The summed E-state index contributed by atoms with van der Waals surface area (Å²) in [5.74, 6) is -0.291. The van der Waals surface area contributed by atoms with Gasteiger partial charge in [-0.15, -0.1) is 0 Å². The lowest BCUT2D eigenvalue weighted by atomic mass is 10.1. The van der Waals surface area contributed by atoms with E-state index in [1.807, 2.05) is 0 Å². The third kappa shape index (κ3) is 4.87.